The van der Waals surface area contributed by atoms with Crippen molar-refractivity contribution in [3.8, 4) is 0 Å². The van der Waals surface area contributed by atoms with Gasteiger partial charge in [-0.15, -0.1) is 0 Å². The molecule has 0 aliphatic heterocycles. The van der Waals surface area contributed by atoms with Crippen LogP contribution in [0.3, 0.4) is 0 Å². The van der Waals surface area contributed by atoms with Crippen molar-refractivity contribution in [2.24, 2.45) is 5.41 Å². The Morgan fingerprint density at radius 2 is 1.56 bits per heavy atom. The fraction of sp³-hybridized carbons (Fsp3) is 0.333. The van der Waals surface area contributed by atoms with E-state index in [9.17, 15) is 9.59 Å². The maximum atomic E-state index is 12.6. The molecule has 2 aromatic rings. The highest BCUT2D eigenvalue weighted by Crippen LogP contribution is 2.22. The number of para-hydroxylation sites is 1. The van der Waals surface area contributed by atoms with Crippen LogP contribution >= 0.6 is 0 Å². The average molecular weight is 338 g/mol. The lowest BCUT2D eigenvalue weighted by Gasteiger charge is -2.23. The van der Waals surface area contributed by atoms with Gasteiger partial charge in [0.05, 0.1) is 0 Å². The molecule has 4 heteroatoms. The van der Waals surface area contributed by atoms with Crippen LogP contribution in [0.1, 0.15) is 31.9 Å². The van der Waals surface area contributed by atoms with Crippen LogP contribution in [-0.2, 0) is 22.4 Å². The molecule has 0 fully saturated rings. The van der Waals surface area contributed by atoms with E-state index < -0.39 is 5.41 Å². The third-order valence-electron chi connectivity index (χ3n) is 4.32. The third kappa shape index (κ3) is 4.92. The minimum absolute atomic E-state index is 0.269. The van der Waals surface area contributed by atoms with Crippen molar-refractivity contribution in [3.63, 3.8) is 0 Å². The molecular weight excluding hydrogens is 312 g/mol. The van der Waals surface area contributed by atoms with Crippen LogP contribution in [-0.4, -0.2) is 18.4 Å². The van der Waals surface area contributed by atoms with Crippen LogP contribution in [0, 0.1) is 5.41 Å². The van der Waals surface area contributed by atoms with Crippen LogP contribution < -0.4 is 10.6 Å². The van der Waals surface area contributed by atoms with Gasteiger partial charge in [0, 0.05) is 12.2 Å². The second-order valence-electron chi connectivity index (χ2n) is 6.58. The minimum atomic E-state index is -1.14. The monoisotopic (exact) mass is 338 g/mol. The Hall–Kier alpha value is -2.62. The predicted molar refractivity (Wildman–Crippen MR) is 101 cm³/mol. The molecule has 0 saturated carbocycles. The summed E-state index contributed by atoms with van der Waals surface area (Å²) in [4.78, 5) is 25.1. The quantitative estimate of drug-likeness (QED) is 0.758. The highest BCUT2D eigenvalue weighted by molar-refractivity contribution is 6.10. The zero-order chi connectivity index (χ0) is 18.3. The normalized spacial score (nSPS) is 11.0. The van der Waals surface area contributed by atoms with E-state index in [1.54, 1.807) is 13.8 Å². The summed E-state index contributed by atoms with van der Waals surface area (Å²) in [7, 11) is 0. The van der Waals surface area contributed by atoms with Crippen molar-refractivity contribution in [1.82, 2.24) is 5.32 Å². The van der Waals surface area contributed by atoms with Crippen LogP contribution in [0.15, 0.2) is 54.6 Å². The number of benzene rings is 2. The summed E-state index contributed by atoms with van der Waals surface area (Å²) >= 11 is 0. The van der Waals surface area contributed by atoms with Gasteiger partial charge in [-0.05, 0) is 43.9 Å². The number of carbonyl (C=O) groups excluding carboxylic acids is 2. The van der Waals surface area contributed by atoms with Crippen molar-refractivity contribution < 1.29 is 9.59 Å². The van der Waals surface area contributed by atoms with E-state index in [0.29, 0.717) is 6.54 Å². The van der Waals surface area contributed by atoms with Gasteiger partial charge in [-0.25, -0.2) is 0 Å². The lowest BCUT2D eigenvalue weighted by Crippen LogP contribution is -2.45. The van der Waals surface area contributed by atoms with Gasteiger partial charge in [0.15, 0.2) is 0 Å². The van der Waals surface area contributed by atoms with Crippen LogP contribution in [0.2, 0.25) is 0 Å². The fourth-order valence-electron chi connectivity index (χ4n) is 2.52. The summed E-state index contributed by atoms with van der Waals surface area (Å²) in [6, 6.07) is 17.6. The topological polar surface area (TPSA) is 58.2 Å². The highest BCUT2D eigenvalue weighted by atomic mass is 16.2. The smallest absolute Gasteiger partial charge is 0.239 e. The molecule has 4 nitrogen and oxygen atoms in total. The summed E-state index contributed by atoms with van der Waals surface area (Å²) < 4.78 is 0. The standard InChI is InChI=1S/C21H26N2O2/c1-4-17-12-8-9-13-18(17)23-20(25)21(2,3)19(24)22-15-14-16-10-6-5-7-11-16/h5-13H,4,14-15H2,1-3H3,(H,22,24)(H,23,25). The summed E-state index contributed by atoms with van der Waals surface area (Å²) in [5, 5.41) is 5.76. The van der Waals surface area contributed by atoms with E-state index in [2.05, 4.69) is 10.6 Å². The Labute approximate surface area is 149 Å². The van der Waals surface area contributed by atoms with Gasteiger partial charge in [-0.2, -0.15) is 0 Å². The first-order valence-electron chi connectivity index (χ1n) is 8.66. The van der Waals surface area contributed by atoms with E-state index in [4.69, 9.17) is 0 Å². The Morgan fingerprint density at radius 1 is 0.920 bits per heavy atom. The first-order chi connectivity index (χ1) is 11.9. The lowest BCUT2D eigenvalue weighted by atomic mass is 9.90. The largest absolute Gasteiger partial charge is 0.355 e. The minimum Gasteiger partial charge on any atom is -0.355 e. The molecule has 0 saturated heterocycles. The second kappa shape index (κ2) is 8.47. The number of carbonyl (C=O) groups is 2. The van der Waals surface area contributed by atoms with E-state index in [1.807, 2.05) is 61.5 Å². The maximum Gasteiger partial charge on any atom is 0.239 e. The van der Waals surface area contributed by atoms with Crippen LogP contribution in [0.4, 0.5) is 5.69 Å². The van der Waals surface area contributed by atoms with Gasteiger partial charge in [0.2, 0.25) is 11.8 Å². The van der Waals surface area contributed by atoms with E-state index >= 15 is 0 Å². The van der Waals surface area contributed by atoms with Crippen LogP contribution in [0.25, 0.3) is 0 Å². The van der Waals surface area contributed by atoms with Crippen molar-refractivity contribution >= 4 is 17.5 Å². The molecule has 0 atom stereocenters. The van der Waals surface area contributed by atoms with Gasteiger partial charge in [0.25, 0.3) is 0 Å². The second-order valence-corrected chi connectivity index (χ2v) is 6.58. The molecule has 0 spiro atoms. The molecule has 0 heterocycles. The molecule has 0 bridgehead atoms. The molecule has 2 N–H and O–H groups in total. The molecule has 25 heavy (non-hydrogen) atoms. The molecule has 0 aromatic heterocycles. The molecular formula is C21H26N2O2. The first kappa shape index (κ1) is 18.7. The fourth-order valence-corrected chi connectivity index (χ4v) is 2.52. The van der Waals surface area contributed by atoms with E-state index in [0.717, 1.165) is 29.7 Å². The van der Waals surface area contributed by atoms with E-state index in [1.165, 1.54) is 0 Å². The van der Waals surface area contributed by atoms with Crippen molar-refractivity contribution in [2.75, 3.05) is 11.9 Å². The molecule has 0 radical (unpaired) electrons. The molecule has 2 rings (SSSR count). The molecule has 0 unspecified atom stereocenters. The summed E-state index contributed by atoms with van der Waals surface area (Å²) in [6.45, 7) is 5.83. The molecule has 2 aromatic carbocycles. The Kier molecular flexibility index (Phi) is 6.34. The summed E-state index contributed by atoms with van der Waals surface area (Å²) in [5.41, 5.74) is 1.83. The number of aryl methyl sites for hydroxylation is 1. The Bertz CT molecular complexity index is 724. The number of nitrogens with one attached hydrogen (secondary N) is 2. The Balaban J connectivity index is 1.94. The SMILES string of the molecule is CCc1ccccc1NC(=O)C(C)(C)C(=O)NCCc1ccccc1. The number of hydrogen-bond donors (Lipinski definition) is 2. The third-order valence-corrected chi connectivity index (χ3v) is 4.32. The number of hydrogen-bond acceptors (Lipinski definition) is 2. The van der Waals surface area contributed by atoms with Crippen molar-refractivity contribution in [1.29, 1.82) is 0 Å². The average Bonchev–Trinajstić information content (AvgIpc) is 2.62. The number of anilines is 1. The number of amides is 2. The van der Waals surface area contributed by atoms with Crippen molar-refractivity contribution in [2.45, 2.75) is 33.6 Å². The summed E-state index contributed by atoms with van der Waals surface area (Å²) in [5.74, 6) is -0.569. The van der Waals surface area contributed by atoms with Crippen LogP contribution in [0.5, 0.6) is 0 Å². The molecule has 2 amide bonds. The zero-order valence-corrected chi connectivity index (χ0v) is 15.1. The lowest BCUT2D eigenvalue weighted by molar-refractivity contribution is -0.138. The van der Waals surface area contributed by atoms with Gasteiger partial charge in [-0.1, -0.05) is 55.5 Å². The predicted octanol–water partition coefficient (Wildman–Crippen LogP) is 3.57. The highest BCUT2D eigenvalue weighted by Gasteiger charge is 2.36. The first-order valence-corrected chi connectivity index (χ1v) is 8.66. The maximum absolute atomic E-state index is 12.6. The molecule has 132 valence electrons. The van der Waals surface area contributed by atoms with Gasteiger partial charge in [-0.3, -0.25) is 9.59 Å². The van der Waals surface area contributed by atoms with Gasteiger partial charge >= 0.3 is 0 Å². The molecule has 0 aliphatic carbocycles. The van der Waals surface area contributed by atoms with E-state index in [-0.39, 0.29) is 11.8 Å². The zero-order valence-electron chi connectivity index (χ0n) is 15.1. The van der Waals surface area contributed by atoms with Gasteiger partial charge in [0.1, 0.15) is 5.41 Å². The van der Waals surface area contributed by atoms with Gasteiger partial charge < -0.3 is 10.6 Å². The molecule has 0 aliphatic rings. The number of rotatable bonds is 7. The van der Waals surface area contributed by atoms with Crippen molar-refractivity contribution in [3.05, 3.63) is 65.7 Å². The summed E-state index contributed by atoms with van der Waals surface area (Å²) in [6.07, 6.45) is 1.56. The Morgan fingerprint density at radius 3 is 2.24 bits per heavy atom.